The van der Waals surface area contributed by atoms with Gasteiger partial charge in [0, 0.05) is 29.4 Å². The van der Waals surface area contributed by atoms with E-state index in [0.717, 1.165) is 29.7 Å². The number of nitrogens with zero attached hydrogens (tertiary/aromatic N) is 5. The van der Waals surface area contributed by atoms with E-state index in [2.05, 4.69) is 31.8 Å². The highest BCUT2D eigenvalue weighted by molar-refractivity contribution is 5.77. The fraction of sp³-hybridized carbons (Fsp3) is 0.318. The van der Waals surface area contributed by atoms with Gasteiger partial charge in [0.1, 0.15) is 0 Å². The lowest BCUT2D eigenvalue weighted by atomic mass is 10.1. The van der Waals surface area contributed by atoms with Gasteiger partial charge in [0.2, 0.25) is 11.9 Å². The van der Waals surface area contributed by atoms with E-state index in [1.165, 1.54) is 0 Å². The third-order valence-electron chi connectivity index (χ3n) is 5.55. The van der Waals surface area contributed by atoms with Gasteiger partial charge in [-0.3, -0.25) is 9.48 Å². The first-order valence-electron chi connectivity index (χ1n) is 10.5. The van der Waals surface area contributed by atoms with Crippen LogP contribution in [0.25, 0.3) is 11.1 Å². The molecule has 0 saturated heterocycles. The average Bonchev–Trinajstić information content (AvgIpc) is 3.45. The van der Waals surface area contributed by atoms with Gasteiger partial charge in [-0.05, 0) is 37.0 Å². The molecular weight excluding hydrogens is 406 g/mol. The summed E-state index contributed by atoms with van der Waals surface area (Å²) in [5.74, 6) is 0.603. The number of nitrogens with one attached hydrogen (secondary N) is 2. The van der Waals surface area contributed by atoms with Crippen molar-refractivity contribution in [3.8, 4) is 17.2 Å². The van der Waals surface area contributed by atoms with Crippen LogP contribution in [0.15, 0.2) is 42.9 Å². The number of nitrogens with two attached hydrogens (primary N) is 2. The molecule has 1 amide bonds. The lowest BCUT2D eigenvalue weighted by Crippen LogP contribution is -2.23. The van der Waals surface area contributed by atoms with Crippen molar-refractivity contribution in [1.82, 2.24) is 19.7 Å². The van der Waals surface area contributed by atoms with E-state index in [9.17, 15) is 4.79 Å². The van der Waals surface area contributed by atoms with Crippen LogP contribution in [0.3, 0.4) is 0 Å². The smallest absolute Gasteiger partial charge is 0.224 e. The van der Waals surface area contributed by atoms with Crippen LogP contribution < -0.4 is 22.1 Å². The average molecular weight is 432 g/mol. The van der Waals surface area contributed by atoms with E-state index in [1.807, 2.05) is 30.5 Å². The quantitative estimate of drug-likeness (QED) is 0.423. The predicted octanol–water partition coefficient (Wildman–Crippen LogP) is 2.65. The highest BCUT2D eigenvalue weighted by atomic mass is 16.1. The highest BCUT2D eigenvalue weighted by Crippen LogP contribution is 2.29. The van der Waals surface area contributed by atoms with Crippen LogP contribution in [0.2, 0.25) is 0 Å². The monoisotopic (exact) mass is 431 g/mol. The van der Waals surface area contributed by atoms with Gasteiger partial charge >= 0.3 is 0 Å². The first-order valence-corrected chi connectivity index (χ1v) is 10.5. The molecule has 32 heavy (non-hydrogen) atoms. The largest absolute Gasteiger partial charge is 0.394 e. The summed E-state index contributed by atoms with van der Waals surface area (Å²) in [6.07, 6.45) is 7.99. The number of primary amides is 1. The zero-order valence-electron chi connectivity index (χ0n) is 17.5. The van der Waals surface area contributed by atoms with Gasteiger partial charge in [-0.15, -0.1) is 0 Å². The number of nitriles is 1. The minimum atomic E-state index is -0.257. The molecule has 1 aliphatic carbocycles. The number of anilines is 4. The first kappa shape index (κ1) is 21.1. The third kappa shape index (κ3) is 4.95. The van der Waals surface area contributed by atoms with Crippen molar-refractivity contribution in [1.29, 1.82) is 5.26 Å². The summed E-state index contributed by atoms with van der Waals surface area (Å²) >= 11 is 0. The van der Waals surface area contributed by atoms with Crippen LogP contribution in [0.4, 0.5) is 23.1 Å². The molecule has 164 valence electrons. The first-order chi connectivity index (χ1) is 15.5. The second-order valence-corrected chi connectivity index (χ2v) is 7.85. The molecule has 0 spiro atoms. The van der Waals surface area contributed by atoms with Gasteiger partial charge in [0.05, 0.1) is 37.1 Å². The standard InChI is InChI=1S/C22H25N9O/c23-8-1-9-31-13-16(11-27-31)14-2-5-17(6-3-14)28-21-19(24)12-26-22(30-21)29-18-7-4-15(10-18)20(25)32/h2-3,5-6,11-13,15,18H,1,4,7,9-10,24H2,(H2,25,32)(H2,26,28,29,30)/t15-,18?/m1/s1. The molecule has 1 aliphatic rings. The van der Waals surface area contributed by atoms with Crippen molar-refractivity contribution < 1.29 is 4.79 Å². The summed E-state index contributed by atoms with van der Waals surface area (Å²) in [6.45, 7) is 0.573. The zero-order valence-corrected chi connectivity index (χ0v) is 17.5. The molecule has 6 N–H and O–H groups in total. The van der Waals surface area contributed by atoms with Gasteiger partial charge in [0.25, 0.3) is 0 Å². The van der Waals surface area contributed by atoms with Crippen LogP contribution in [0, 0.1) is 17.2 Å². The fourth-order valence-electron chi connectivity index (χ4n) is 3.80. The highest BCUT2D eigenvalue weighted by Gasteiger charge is 2.28. The van der Waals surface area contributed by atoms with Crippen LogP contribution in [-0.4, -0.2) is 31.7 Å². The Bertz CT molecular complexity index is 1130. The molecule has 2 atom stereocenters. The number of aryl methyl sites for hydroxylation is 1. The lowest BCUT2D eigenvalue weighted by molar-refractivity contribution is -0.121. The van der Waals surface area contributed by atoms with Crippen molar-refractivity contribution in [2.45, 2.75) is 38.3 Å². The number of benzene rings is 1. The molecule has 1 saturated carbocycles. The molecule has 0 radical (unpaired) electrons. The maximum atomic E-state index is 11.4. The molecule has 0 bridgehead atoms. The summed E-state index contributed by atoms with van der Waals surface area (Å²) < 4.78 is 1.76. The molecule has 2 heterocycles. The Morgan fingerprint density at radius 2 is 2.03 bits per heavy atom. The van der Waals surface area contributed by atoms with Crippen molar-refractivity contribution >= 4 is 29.0 Å². The summed E-state index contributed by atoms with van der Waals surface area (Å²) in [6, 6.07) is 10.1. The molecule has 4 rings (SSSR count). The van der Waals surface area contributed by atoms with Crippen molar-refractivity contribution in [2.75, 3.05) is 16.4 Å². The SMILES string of the molecule is N#CCCn1cc(-c2ccc(Nc3nc(NC4CC[C@@H](C(N)=O)C4)ncc3N)cc2)cn1. The Balaban J connectivity index is 1.41. The van der Waals surface area contributed by atoms with Gasteiger partial charge in [-0.1, -0.05) is 12.1 Å². The summed E-state index contributed by atoms with van der Waals surface area (Å²) in [4.78, 5) is 20.1. The number of rotatable bonds is 8. The predicted molar refractivity (Wildman–Crippen MR) is 122 cm³/mol. The second-order valence-electron chi connectivity index (χ2n) is 7.85. The topological polar surface area (TPSA) is 161 Å². The number of carbonyl (C=O) groups excluding carboxylic acids is 1. The molecule has 1 fully saturated rings. The van der Waals surface area contributed by atoms with Crippen molar-refractivity contribution in [2.24, 2.45) is 11.7 Å². The molecule has 2 aromatic heterocycles. The Labute approximate surface area is 185 Å². The molecule has 3 aromatic rings. The van der Waals surface area contributed by atoms with Crippen molar-refractivity contribution in [3.63, 3.8) is 0 Å². The maximum Gasteiger partial charge on any atom is 0.224 e. The molecular formula is C22H25N9O. The lowest BCUT2D eigenvalue weighted by Gasteiger charge is -2.14. The van der Waals surface area contributed by atoms with Crippen LogP contribution in [0.1, 0.15) is 25.7 Å². The Kier molecular flexibility index (Phi) is 6.17. The van der Waals surface area contributed by atoms with Gasteiger partial charge < -0.3 is 22.1 Å². The summed E-state index contributed by atoms with van der Waals surface area (Å²) in [5.41, 5.74) is 14.7. The normalized spacial score (nSPS) is 17.6. The zero-order chi connectivity index (χ0) is 22.5. The van der Waals surface area contributed by atoms with Crippen molar-refractivity contribution in [3.05, 3.63) is 42.9 Å². The van der Waals surface area contributed by atoms with E-state index in [4.69, 9.17) is 16.7 Å². The van der Waals surface area contributed by atoms with Gasteiger partial charge in [-0.2, -0.15) is 15.3 Å². The number of hydrogen-bond donors (Lipinski definition) is 4. The number of aromatic nitrogens is 4. The molecule has 1 unspecified atom stereocenters. The Morgan fingerprint density at radius 3 is 2.75 bits per heavy atom. The van der Waals surface area contributed by atoms with Crippen LogP contribution in [-0.2, 0) is 11.3 Å². The fourth-order valence-corrected chi connectivity index (χ4v) is 3.80. The number of carbonyl (C=O) groups is 1. The molecule has 10 nitrogen and oxygen atoms in total. The van der Waals surface area contributed by atoms with E-state index in [0.29, 0.717) is 36.8 Å². The van der Waals surface area contributed by atoms with E-state index < -0.39 is 0 Å². The van der Waals surface area contributed by atoms with E-state index in [-0.39, 0.29) is 17.9 Å². The molecule has 1 aromatic carbocycles. The maximum absolute atomic E-state index is 11.4. The van der Waals surface area contributed by atoms with Gasteiger partial charge in [0.15, 0.2) is 5.82 Å². The van der Waals surface area contributed by atoms with Crippen LogP contribution in [0.5, 0.6) is 0 Å². The summed E-state index contributed by atoms with van der Waals surface area (Å²) in [7, 11) is 0. The minimum absolute atomic E-state index is 0.101. The third-order valence-corrected chi connectivity index (χ3v) is 5.55. The number of hydrogen-bond acceptors (Lipinski definition) is 8. The molecule has 0 aliphatic heterocycles. The van der Waals surface area contributed by atoms with E-state index >= 15 is 0 Å². The Morgan fingerprint density at radius 1 is 1.22 bits per heavy atom. The Hall–Kier alpha value is -4.13. The summed E-state index contributed by atoms with van der Waals surface area (Å²) in [5, 5.41) is 19.5. The number of amides is 1. The second kappa shape index (κ2) is 9.34. The van der Waals surface area contributed by atoms with Crippen LogP contribution >= 0.6 is 0 Å². The minimum Gasteiger partial charge on any atom is -0.394 e. The van der Waals surface area contributed by atoms with Gasteiger partial charge in [-0.25, -0.2) is 4.98 Å². The number of nitrogen functional groups attached to an aromatic ring is 1. The molecule has 10 heteroatoms. The van der Waals surface area contributed by atoms with E-state index in [1.54, 1.807) is 17.1 Å².